The Morgan fingerprint density at radius 2 is 2.09 bits per heavy atom. The largest absolute Gasteiger partial charge is 0.440 e. The topological polar surface area (TPSA) is 65.7 Å². The van der Waals surface area contributed by atoms with Gasteiger partial charge in [0, 0.05) is 26.2 Å². The number of hydrogen-bond donors (Lipinski definition) is 2. The zero-order chi connectivity index (χ0) is 16.2. The third-order valence-corrected chi connectivity index (χ3v) is 4.18. The highest BCUT2D eigenvalue weighted by atomic mass is 35.5. The number of rotatable bonds is 5. The van der Waals surface area contributed by atoms with Crippen LogP contribution >= 0.6 is 11.6 Å². The van der Waals surface area contributed by atoms with Gasteiger partial charge in [0.05, 0.1) is 6.10 Å². The maximum absolute atomic E-state index is 11.8. The van der Waals surface area contributed by atoms with Crippen LogP contribution in [0.3, 0.4) is 0 Å². The SMILES string of the molecule is O=C(NCC(O)CN1CCc2ccccc2C1)c1ccc(Cl)o1. The van der Waals surface area contributed by atoms with Crippen molar-refractivity contribution in [3.63, 3.8) is 0 Å². The molecule has 0 radical (unpaired) electrons. The first-order valence-corrected chi connectivity index (χ1v) is 8.00. The van der Waals surface area contributed by atoms with Crippen LogP contribution in [0.15, 0.2) is 40.8 Å². The summed E-state index contributed by atoms with van der Waals surface area (Å²) >= 11 is 5.63. The normalized spacial score (nSPS) is 15.9. The van der Waals surface area contributed by atoms with E-state index in [0.717, 1.165) is 19.5 Å². The van der Waals surface area contributed by atoms with E-state index >= 15 is 0 Å². The summed E-state index contributed by atoms with van der Waals surface area (Å²) in [5, 5.41) is 13.0. The number of halogens is 1. The lowest BCUT2D eigenvalue weighted by Gasteiger charge is -2.30. The molecular weight excluding hydrogens is 316 g/mol. The standard InChI is InChI=1S/C17H19ClN2O3/c18-16-6-5-15(23-16)17(22)19-9-14(21)11-20-8-7-12-3-1-2-4-13(12)10-20/h1-6,14,21H,7-11H2,(H,19,22). The van der Waals surface area contributed by atoms with Gasteiger partial charge in [-0.15, -0.1) is 0 Å². The zero-order valence-electron chi connectivity index (χ0n) is 12.7. The number of aliphatic hydroxyl groups is 1. The Kier molecular flexibility index (Phi) is 5.00. The van der Waals surface area contributed by atoms with Crippen molar-refractivity contribution < 1.29 is 14.3 Å². The highest BCUT2D eigenvalue weighted by Gasteiger charge is 2.19. The first-order valence-electron chi connectivity index (χ1n) is 7.62. The van der Waals surface area contributed by atoms with E-state index < -0.39 is 6.10 Å². The summed E-state index contributed by atoms with van der Waals surface area (Å²) in [5.41, 5.74) is 2.68. The predicted molar refractivity (Wildman–Crippen MR) is 87.5 cm³/mol. The Balaban J connectivity index is 1.47. The van der Waals surface area contributed by atoms with Crippen molar-refractivity contribution in [3.05, 3.63) is 58.5 Å². The predicted octanol–water partition coefficient (Wildman–Crippen LogP) is 2.08. The second-order valence-electron chi connectivity index (χ2n) is 5.72. The highest BCUT2D eigenvalue weighted by Crippen LogP contribution is 2.18. The molecule has 1 amide bonds. The Bertz CT molecular complexity index is 686. The van der Waals surface area contributed by atoms with Crippen LogP contribution in [0.1, 0.15) is 21.7 Å². The molecule has 1 aliphatic heterocycles. The number of amides is 1. The first-order chi connectivity index (χ1) is 11.1. The Morgan fingerprint density at radius 3 is 2.83 bits per heavy atom. The van der Waals surface area contributed by atoms with E-state index in [1.165, 1.54) is 23.3 Å². The molecule has 1 aromatic heterocycles. The van der Waals surface area contributed by atoms with E-state index in [9.17, 15) is 9.90 Å². The van der Waals surface area contributed by atoms with E-state index in [1.807, 2.05) is 6.07 Å². The molecule has 0 aliphatic carbocycles. The molecule has 122 valence electrons. The van der Waals surface area contributed by atoms with Gasteiger partial charge in [0.2, 0.25) is 0 Å². The number of aliphatic hydroxyl groups excluding tert-OH is 1. The van der Waals surface area contributed by atoms with Gasteiger partial charge in [0.25, 0.3) is 5.91 Å². The smallest absolute Gasteiger partial charge is 0.287 e. The lowest BCUT2D eigenvalue weighted by Crippen LogP contribution is -2.41. The highest BCUT2D eigenvalue weighted by molar-refractivity contribution is 6.29. The van der Waals surface area contributed by atoms with Crippen molar-refractivity contribution in [3.8, 4) is 0 Å². The van der Waals surface area contributed by atoms with Crippen molar-refractivity contribution in [2.24, 2.45) is 0 Å². The average molecular weight is 335 g/mol. The zero-order valence-corrected chi connectivity index (χ0v) is 13.4. The number of fused-ring (bicyclic) bond motifs is 1. The van der Waals surface area contributed by atoms with Gasteiger partial charge in [-0.2, -0.15) is 0 Å². The molecule has 1 aromatic carbocycles. The van der Waals surface area contributed by atoms with Crippen LogP contribution in [0, 0.1) is 0 Å². The number of nitrogens with one attached hydrogen (secondary N) is 1. The van der Waals surface area contributed by atoms with Gasteiger partial charge >= 0.3 is 0 Å². The fourth-order valence-corrected chi connectivity index (χ4v) is 2.95. The molecule has 1 unspecified atom stereocenters. The number of β-amino-alcohol motifs (C(OH)–C–C–N with tert-alkyl or cyclic N) is 1. The molecule has 2 aromatic rings. The molecule has 1 atom stereocenters. The summed E-state index contributed by atoms with van der Waals surface area (Å²) in [6.07, 6.45) is 0.356. The van der Waals surface area contributed by atoms with Gasteiger partial charge in [0.15, 0.2) is 11.0 Å². The molecule has 0 spiro atoms. The summed E-state index contributed by atoms with van der Waals surface area (Å²) < 4.78 is 5.03. The van der Waals surface area contributed by atoms with Gasteiger partial charge in [-0.05, 0) is 41.3 Å². The number of carbonyl (C=O) groups is 1. The van der Waals surface area contributed by atoms with E-state index in [0.29, 0.717) is 6.54 Å². The summed E-state index contributed by atoms with van der Waals surface area (Å²) in [7, 11) is 0. The lowest BCUT2D eigenvalue weighted by molar-refractivity contribution is 0.0821. The summed E-state index contributed by atoms with van der Waals surface area (Å²) in [6, 6.07) is 11.4. The van der Waals surface area contributed by atoms with Crippen LogP contribution in [0.5, 0.6) is 0 Å². The Hall–Kier alpha value is -1.82. The molecule has 6 heteroatoms. The van der Waals surface area contributed by atoms with Gasteiger partial charge in [-0.1, -0.05) is 24.3 Å². The molecule has 2 N–H and O–H groups in total. The maximum atomic E-state index is 11.8. The van der Waals surface area contributed by atoms with E-state index in [-0.39, 0.29) is 23.4 Å². The van der Waals surface area contributed by atoms with Crippen LogP contribution in [-0.4, -0.2) is 41.7 Å². The third-order valence-electron chi connectivity index (χ3n) is 3.97. The number of furan rings is 1. The molecule has 0 saturated heterocycles. The molecule has 3 rings (SSSR count). The molecule has 0 saturated carbocycles. The van der Waals surface area contributed by atoms with Crippen molar-refractivity contribution in [1.82, 2.24) is 10.2 Å². The number of carbonyl (C=O) groups excluding carboxylic acids is 1. The van der Waals surface area contributed by atoms with Crippen LogP contribution in [0.2, 0.25) is 5.22 Å². The first kappa shape index (κ1) is 16.1. The lowest BCUT2D eigenvalue weighted by atomic mass is 10.00. The molecular formula is C17H19ClN2O3. The molecule has 23 heavy (non-hydrogen) atoms. The van der Waals surface area contributed by atoms with E-state index in [1.54, 1.807) is 0 Å². The second kappa shape index (κ2) is 7.17. The minimum Gasteiger partial charge on any atom is -0.440 e. The van der Waals surface area contributed by atoms with Crippen LogP contribution in [-0.2, 0) is 13.0 Å². The summed E-state index contributed by atoms with van der Waals surface area (Å²) in [6.45, 7) is 2.44. The van der Waals surface area contributed by atoms with Crippen molar-refractivity contribution in [2.45, 2.75) is 19.1 Å². The Labute approximate surface area is 139 Å². The summed E-state index contributed by atoms with van der Waals surface area (Å²) in [4.78, 5) is 14.0. The molecule has 2 heterocycles. The molecule has 5 nitrogen and oxygen atoms in total. The molecule has 0 bridgehead atoms. The number of benzene rings is 1. The van der Waals surface area contributed by atoms with E-state index in [2.05, 4.69) is 28.4 Å². The van der Waals surface area contributed by atoms with Crippen LogP contribution < -0.4 is 5.32 Å². The fourth-order valence-electron chi connectivity index (χ4n) is 2.81. The quantitative estimate of drug-likeness (QED) is 0.878. The van der Waals surface area contributed by atoms with Crippen molar-refractivity contribution in [2.75, 3.05) is 19.6 Å². The van der Waals surface area contributed by atoms with Crippen molar-refractivity contribution >= 4 is 17.5 Å². The number of nitrogens with zero attached hydrogens (tertiary/aromatic N) is 1. The second-order valence-corrected chi connectivity index (χ2v) is 6.09. The maximum Gasteiger partial charge on any atom is 0.287 e. The van der Waals surface area contributed by atoms with Gasteiger partial charge in [-0.25, -0.2) is 0 Å². The Morgan fingerprint density at radius 1 is 1.30 bits per heavy atom. The molecule has 0 fully saturated rings. The van der Waals surface area contributed by atoms with Crippen LogP contribution in [0.4, 0.5) is 0 Å². The molecule has 1 aliphatic rings. The monoisotopic (exact) mass is 334 g/mol. The van der Waals surface area contributed by atoms with Gasteiger partial charge in [-0.3, -0.25) is 9.69 Å². The minimum absolute atomic E-state index is 0.147. The van der Waals surface area contributed by atoms with Gasteiger partial charge in [0.1, 0.15) is 0 Å². The number of hydrogen-bond acceptors (Lipinski definition) is 4. The average Bonchev–Trinajstić information content (AvgIpc) is 2.99. The fraction of sp³-hybridized carbons (Fsp3) is 0.353. The van der Waals surface area contributed by atoms with Crippen LogP contribution in [0.25, 0.3) is 0 Å². The minimum atomic E-state index is -0.630. The third kappa shape index (κ3) is 4.13. The van der Waals surface area contributed by atoms with Gasteiger partial charge < -0.3 is 14.8 Å². The van der Waals surface area contributed by atoms with E-state index in [4.69, 9.17) is 16.0 Å². The summed E-state index contributed by atoms with van der Waals surface area (Å²) in [5.74, 6) is -0.228. The van der Waals surface area contributed by atoms with Crippen molar-refractivity contribution in [1.29, 1.82) is 0 Å².